The molecule has 4 amide bonds. The average Bonchev–Trinajstić information content (AvgIpc) is 2.81. The van der Waals surface area contributed by atoms with E-state index in [1.165, 1.54) is 38.5 Å². The fraction of sp³-hybridized carbons (Fsp3) is 0.850. The molecule has 0 aromatic carbocycles. The Morgan fingerprint density at radius 2 is 1.77 bits per heavy atom. The summed E-state index contributed by atoms with van der Waals surface area (Å²) in [7, 11) is 0. The Labute approximate surface area is 155 Å². The summed E-state index contributed by atoms with van der Waals surface area (Å²) in [5.41, 5.74) is 0.229. The van der Waals surface area contributed by atoms with Gasteiger partial charge < -0.3 is 10.6 Å². The topological polar surface area (TPSA) is 78.5 Å². The van der Waals surface area contributed by atoms with Gasteiger partial charge in [0, 0.05) is 6.04 Å². The van der Waals surface area contributed by atoms with E-state index in [0.29, 0.717) is 6.42 Å². The van der Waals surface area contributed by atoms with Crippen LogP contribution in [-0.4, -0.2) is 41.4 Å². The first-order valence-electron chi connectivity index (χ1n) is 10.3. The molecule has 4 saturated carbocycles. The second-order valence-corrected chi connectivity index (χ2v) is 9.28. The summed E-state index contributed by atoms with van der Waals surface area (Å²) in [5.74, 6) is 2.02. The lowest BCUT2D eigenvalue weighted by Crippen LogP contribution is -2.57. The number of imide groups is 1. The summed E-state index contributed by atoms with van der Waals surface area (Å²) in [6.07, 6.45) is 9.24. The van der Waals surface area contributed by atoms with Crippen molar-refractivity contribution in [2.45, 2.75) is 77.3 Å². The molecular weight excluding hydrogens is 330 g/mol. The van der Waals surface area contributed by atoms with Crippen molar-refractivity contribution in [1.29, 1.82) is 0 Å². The predicted molar refractivity (Wildman–Crippen MR) is 97.2 cm³/mol. The molecule has 2 N–H and O–H groups in total. The summed E-state index contributed by atoms with van der Waals surface area (Å²) in [4.78, 5) is 38.0. The van der Waals surface area contributed by atoms with Gasteiger partial charge in [-0.3, -0.25) is 14.5 Å². The highest BCUT2D eigenvalue weighted by molar-refractivity contribution is 6.06. The molecule has 6 heteroatoms. The Hall–Kier alpha value is -1.59. The predicted octanol–water partition coefficient (Wildman–Crippen LogP) is 2.43. The third-order valence-corrected chi connectivity index (χ3v) is 7.37. The van der Waals surface area contributed by atoms with Crippen molar-refractivity contribution < 1.29 is 14.4 Å². The zero-order chi connectivity index (χ0) is 18.5. The molecule has 0 spiro atoms. The number of hydrogen-bond acceptors (Lipinski definition) is 3. The maximum absolute atomic E-state index is 12.6. The van der Waals surface area contributed by atoms with Gasteiger partial charge in [0.1, 0.15) is 12.6 Å². The number of nitrogens with one attached hydrogen (secondary N) is 2. The fourth-order valence-electron chi connectivity index (χ4n) is 6.50. The maximum Gasteiger partial charge on any atom is 0.325 e. The van der Waals surface area contributed by atoms with Crippen molar-refractivity contribution >= 4 is 17.8 Å². The minimum atomic E-state index is -0.471. The minimum Gasteiger partial charge on any atom is -0.352 e. The van der Waals surface area contributed by atoms with Crippen LogP contribution in [0.4, 0.5) is 4.79 Å². The average molecular weight is 361 g/mol. The third-order valence-electron chi connectivity index (χ3n) is 7.37. The van der Waals surface area contributed by atoms with E-state index in [1.807, 2.05) is 6.92 Å². The number of nitrogens with zero attached hydrogens (tertiary/aromatic N) is 1. The molecular formula is C20H31N3O3. The normalized spacial score (nSPS) is 39.2. The molecule has 144 valence electrons. The van der Waals surface area contributed by atoms with E-state index >= 15 is 0 Å². The van der Waals surface area contributed by atoms with E-state index in [-0.39, 0.29) is 29.8 Å². The second kappa shape index (κ2) is 6.54. The number of carbonyl (C=O) groups is 3. The lowest BCUT2D eigenvalue weighted by atomic mass is 9.48. The van der Waals surface area contributed by atoms with Crippen LogP contribution in [0.25, 0.3) is 0 Å². The summed E-state index contributed by atoms with van der Waals surface area (Å²) in [6, 6.07) is -0.803. The molecule has 1 aliphatic heterocycles. The lowest BCUT2D eigenvalue weighted by Gasteiger charge is -2.59. The Balaban J connectivity index is 1.36. The first-order chi connectivity index (χ1) is 12.4. The standard InChI is InChI=1S/C20H31N3O3/c1-3-4-16-18(25)23(19(26)22-16)11-17(24)21-12(2)20-8-13-5-14(9-20)7-15(6-13)10-20/h12-16H,3-11H2,1-2H3,(H,21,24)(H,22,26). The highest BCUT2D eigenvalue weighted by atomic mass is 16.2. The van der Waals surface area contributed by atoms with Crippen LogP contribution in [0.1, 0.15) is 65.2 Å². The van der Waals surface area contributed by atoms with Crippen molar-refractivity contribution in [3.8, 4) is 0 Å². The van der Waals surface area contributed by atoms with Crippen LogP contribution in [0.2, 0.25) is 0 Å². The zero-order valence-corrected chi connectivity index (χ0v) is 15.9. The molecule has 26 heavy (non-hydrogen) atoms. The molecule has 0 aromatic heterocycles. The van der Waals surface area contributed by atoms with E-state index in [0.717, 1.165) is 29.1 Å². The van der Waals surface area contributed by atoms with Gasteiger partial charge in [0.05, 0.1) is 0 Å². The van der Waals surface area contributed by atoms with Crippen molar-refractivity contribution in [3.05, 3.63) is 0 Å². The van der Waals surface area contributed by atoms with Crippen LogP contribution in [0, 0.1) is 23.2 Å². The molecule has 0 radical (unpaired) electrons. The lowest BCUT2D eigenvalue weighted by molar-refractivity contribution is -0.134. The highest BCUT2D eigenvalue weighted by Gasteiger charge is 2.53. The molecule has 6 nitrogen and oxygen atoms in total. The number of rotatable bonds is 6. The molecule has 1 heterocycles. The molecule has 5 fully saturated rings. The minimum absolute atomic E-state index is 0.107. The third kappa shape index (κ3) is 3.01. The SMILES string of the molecule is CCCC1NC(=O)N(CC(=O)NC(C)C23CC4CC(CC(C4)C2)C3)C1=O. The number of amides is 4. The van der Waals surface area contributed by atoms with Crippen LogP contribution >= 0.6 is 0 Å². The summed E-state index contributed by atoms with van der Waals surface area (Å²) >= 11 is 0. The van der Waals surface area contributed by atoms with Crippen molar-refractivity contribution in [3.63, 3.8) is 0 Å². The fourth-order valence-corrected chi connectivity index (χ4v) is 6.50. The number of urea groups is 1. The zero-order valence-electron chi connectivity index (χ0n) is 15.9. The molecule has 5 aliphatic rings. The van der Waals surface area contributed by atoms with Gasteiger partial charge in [0.25, 0.3) is 5.91 Å². The number of carbonyl (C=O) groups excluding carboxylic acids is 3. The van der Waals surface area contributed by atoms with Gasteiger partial charge in [0.2, 0.25) is 5.91 Å². The van der Waals surface area contributed by atoms with Crippen LogP contribution in [0.3, 0.4) is 0 Å². The Kier molecular flexibility index (Phi) is 4.48. The van der Waals surface area contributed by atoms with Gasteiger partial charge >= 0.3 is 6.03 Å². The summed E-state index contributed by atoms with van der Waals surface area (Å²) in [6.45, 7) is 3.93. The molecule has 4 bridgehead atoms. The van der Waals surface area contributed by atoms with Gasteiger partial charge in [-0.2, -0.15) is 0 Å². The molecule has 2 atom stereocenters. The Morgan fingerprint density at radius 1 is 1.19 bits per heavy atom. The van der Waals surface area contributed by atoms with Gasteiger partial charge in [0.15, 0.2) is 0 Å². The molecule has 4 aliphatic carbocycles. The molecule has 0 aromatic rings. The van der Waals surface area contributed by atoms with Gasteiger partial charge in [-0.15, -0.1) is 0 Å². The van der Waals surface area contributed by atoms with E-state index in [1.54, 1.807) is 0 Å². The molecule has 2 unspecified atom stereocenters. The summed E-state index contributed by atoms with van der Waals surface area (Å²) in [5, 5.41) is 5.82. The Morgan fingerprint density at radius 3 is 2.31 bits per heavy atom. The van der Waals surface area contributed by atoms with Crippen LogP contribution in [-0.2, 0) is 9.59 Å². The highest BCUT2D eigenvalue weighted by Crippen LogP contribution is 2.61. The van der Waals surface area contributed by atoms with Crippen molar-refractivity contribution in [2.75, 3.05) is 6.54 Å². The van der Waals surface area contributed by atoms with Crippen LogP contribution < -0.4 is 10.6 Å². The quantitative estimate of drug-likeness (QED) is 0.713. The van der Waals surface area contributed by atoms with E-state index < -0.39 is 12.1 Å². The molecule has 1 saturated heterocycles. The van der Waals surface area contributed by atoms with Gasteiger partial charge in [-0.25, -0.2) is 4.79 Å². The first-order valence-corrected chi connectivity index (χ1v) is 10.3. The van der Waals surface area contributed by atoms with E-state index in [2.05, 4.69) is 17.6 Å². The van der Waals surface area contributed by atoms with Crippen LogP contribution in [0.15, 0.2) is 0 Å². The maximum atomic E-state index is 12.6. The Bertz CT molecular complexity index is 582. The monoisotopic (exact) mass is 361 g/mol. The van der Waals surface area contributed by atoms with Gasteiger partial charge in [-0.05, 0) is 75.0 Å². The van der Waals surface area contributed by atoms with E-state index in [9.17, 15) is 14.4 Å². The van der Waals surface area contributed by atoms with E-state index in [4.69, 9.17) is 0 Å². The van der Waals surface area contributed by atoms with Crippen molar-refractivity contribution in [2.24, 2.45) is 23.2 Å². The smallest absolute Gasteiger partial charge is 0.325 e. The first kappa shape index (κ1) is 17.8. The van der Waals surface area contributed by atoms with Crippen molar-refractivity contribution in [1.82, 2.24) is 15.5 Å². The second-order valence-electron chi connectivity index (χ2n) is 9.28. The largest absolute Gasteiger partial charge is 0.352 e. The molecule has 5 rings (SSSR count). The van der Waals surface area contributed by atoms with Crippen LogP contribution in [0.5, 0.6) is 0 Å². The van der Waals surface area contributed by atoms with Gasteiger partial charge in [-0.1, -0.05) is 13.3 Å². The summed E-state index contributed by atoms with van der Waals surface area (Å²) < 4.78 is 0. The number of hydrogen-bond donors (Lipinski definition) is 2.